The van der Waals surface area contributed by atoms with Gasteiger partial charge >= 0.3 is 0 Å². The van der Waals surface area contributed by atoms with Gasteiger partial charge < -0.3 is 4.52 Å². The topological polar surface area (TPSA) is 42.2 Å². The first-order valence-electron chi connectivity index (χ1n) is 9.44. The number of hydrogen-bond acceptors (Lipinski definition) is 4. The standard InChI is InChI=1S/C19H33N3O/c1-14(2)8-17-20-18(23-21-17)12-22(4)13-19-7-5-6-16(11-19)9-15(3)10-19/h14-16H,5-13H2,1-4H3. The van der Waals surface area contributed by atoms with Gasteiger partial charge in [0.1, 0.15) is 0 Å². The van der Waals surface area contributed by atoms with E-state index in [-0.39, 0.29) is 0 Å². The van der Waals surface area contributed by atoms with Crippen LogP contribution in [0.5, 0.6) is 0 Å². The molecule has 130 valence electrons. The van der Waals surface area contributed by atoms with Crippen LogP contribution in [0.3, 0.4) is 0 Å². The molecule has 4 heteroatoms. The van der Waals surface area contributed by atoms with Crippen molar-refractivity contribution >= 4 is 0 Å². The Kier molecular flexibility index (Phi) is 5.10. The summed E-state index contributed by atoms with van der Waals surface area (Å²) in [5.41, 5.74) is 0.538. The van der Waals surface area contributed by atoms with Crippen LogP contribution < -0.4 is 0 Å². The van der Waals surface area contributed by atoms with Crippen LogP contribution in [0, 0.1) is 23.2 Å². The second-order valence-corrected chi connectivity index (χ2v) is 8.88. The van der Waals surface area contributed by atoms with Crippen molar-refractivity contribution < 1.29 is 4.52 Å². The molecule has 23 heavy (non-hydrogen) atoms. The Bertz CT molecular complexity index is 508. The Labute approximate surface area is 141 Å². The molecule has 2 bridgehead atoms. The van der Waals surface area contributed by atoms with Crippen molar-refractivity contribution in [1.29, 1.82) is 0 Å². The molecule has 0 N–H and O–H groups in total. The molecule has 2 fully saturated rings. The predicted octanol–water partition coefficient (Wildman–Crippen LogP) is 4.31. The smallest absolute Gasteiger partial charge is 0.240 e. The van der Waals surface area contributed by atoms with E-state index in [1.165, 1.54) is 45.1 Å². The highest BCUT2D eigenvalue weighted by molar-refractivity contribution is 4.95. The van der Waals surface area contributed by atoms with E-state index in [9.17, 15) is 0 Å². The SMILES string of the molecule is CC(C)Cc1noc(CN(C)CC23CCCC(CC(C)C2)C3)n1. The van der Waals surface area contributed by atoms with Crippen molar-refractivity contribution in [2.24, 2.45) is 23.2 Å². The first-order valence-corrected chi connectivity index (χ1v) is 9.44. The lowest BCUT2D eigenvalue weighted by Crippen LogP contribution is -2.43. The highest BCUT2D eigenvalue weighted by atomic mass is 16.5. The van der Waals surface area contributed by atoms with Gasteiger partial charge in [0.15, 0.2) is 5.82 Å². The van der Waals surface area contributed by atoms with Crippen LogP contribution in [0.25, 0.3) is 0 Å². The minimum atomic E-state index is 0.538. The molecule has 1 heterocycles. The second kappa shape index (κ2) is 6.92. The monoisotopic (exact) mass is 319 g/mol. The van der Waals surface area contributed by atoms with Crippen LogP contribution in [-0.4, -0.2) is 28.6 Å². The van der Waals surface area contributed by atoms with Crippen molar-refractivity contribution in [3.8, 4) is 0 Å². The van der Waals surface area contributed by atoms with E-state index >= 15 is 0 Å². The number of rotatable bonds is 6. The van der Waals surface area contributed by atoms with Gasteiger partial charge in [0.05, 0.1) is 6.54 Å². The van der Waals surface area contributed by atoms with Gasteiger partial charge in [0.2, 0.25) is 5.89 Å². The summed E-state index contributed by atoms with van der Waals surface area (Å²) >= 11 is 0. The van der Waals surface area contributed by atoms with E-state index in [4.69, 9.17) is 4.52 Å². The fraction of sp³-hybridized carbons (Fsp3) is 0.895. The number of aromatic nitrogens is 2. The third-order valence-electron chi connectivity index (χ3n) is 5.67. The van der Waals surface area contributed by atoms with E-state index in [0.717, 1.165) is 36.5 Å². The molecule has 1 aromatic heterocycles. The van der Waals surface area contributed by atoms with Gasteiger partial charge in [-0.2, -0.15) is 4.98 Å². The second-order valence-electron chi connectivity index (χ2n) is 8.88. The maximum atomic E-state index is 5.45. The highest BCUT2D eigenvalue weighted by Gasteiger charge is 2.42. The zero-order valence-corrected chi connectivity index (χ0v) is 15.3. The lowest BCUT2D eigenvalue weighted by molar-refractivity contribution is 0.0146. The largest absolute Gasteiger partial charge is 0.338 e. The summed E-state index contributed by atoms with van der Waals surface area (Å²) in [5, 5.41) is 4.12. The predicted molar refractivity (Wildman–Crippen MR) is 92.0 cm³/mol. The molecule has 0 radical (unpaired) electrons. The number of nitrogens with zero attached hydrogens (tertiary/aromatic N) is 3. The molecule has 0 saturated heterocycles. The van der Waals surface area contributed by atoms with E-state index in [0.29, 0.717) is 11.3 Å². The number of fused-ring (bicyclic) bond motifs is 2. The first-order chi connectivity index (χ1) is 10.9. The van der Waals surface area contributed by atoms with Crippen LogP contribution >= 0.6 is 0 Å². The zero-order chi connectivity index (χ0) is 16.4. The van der Waals surface area contributed by atoms with Gasteiger partial charge in [-0.1, -0.05) is 38.8 Å². The maximum Gasteiger partial charge on any atom is 0.240 e. The molecular weight excluding hydrogens is 286 g/mol. The molecule has 3 rings (SSSR count). The first kappa shape index (κ1) is 16.9. The van der Waals surface area contributed by atoms with Crippen LogP contribution in [0.1, 0.15) is 71.0 Å². The van der Waals surface area contributed by atoms with Gasteiger partial charge in [-0.15, -0.1) is 0 Å². The molecule has 0 aromatic carbocycles. The molecule has 0 amide bonds. The van der Waals surface area contributed by atoms with Gasteiger partial charge in [-0.05, 0) is 55.9 Å². The quantitative estimate of drug-likeness (QED) is 0.783. The van der Waals surface area contributed by atoms with Gasteiger partial charge in [0.25, 0.3) is 0 Å². The minimum absolute atomic E-state index is 0.538. The molecule has 0 aliphatic heterocycles. The van der Waals surface area contributed by atoms with E-state index in [2.05, 4.69) is 42.9 Å². The lowest BCUT2D eigenvalue weighted by Gasteiger charge is -2.49. The number of hydrogen-bond donors (Lipinski definition) is 0. The molecule has 1 aromatic rings. The third kappa shape index (κ3) is 4.34. The van der Waals surface area contributed by atoms with Crippen LogP contribution in [0.2, 0.25) is 0 Å². The summed E-state index contributed by atoms with van der Waals surface area (Å²) in [5.74, 6) is 4.06. The Morgan fingerprint density at radius 2 is 2.17 bits per heavy atom. The molecule has 2 aliphatic carbocycles. The summed E-state index contributed by atoms with van der Waals surface area (Å²) in [7, 11) is 2.21. The molecule has 0 spiro atoms. The fourth-order valence-electron chi connectivity index (χ4n) is 5.23. The highest BCUT2D eigenvalue weighted by Crippen LogP contribution is 2.51. The van der Waals surface area contributed by atoms with E-state index in [1.54, 1.807) is 0 Å². The minimum Gasteiger partial charge on any atom is -0.338 e. The average molecular weight is 319 g/mol. The average Bonchev–Trinajstić information content (AvgIpc) is 2.83. The van der Waals surface area contributed by atoms with Gasteiger partial charge in [-0.3, -0.25) is 4.90 Å². The van der Waals surface area contributed by atoms with Crippen molar-refractivity contribution in [3.05, 3.63) is 11.7 Å². The Morgan fingerprint density at radius 1 is 1.35 bits per heavy atom. The molecule has 3 unspecified atom stereocenters. The summed E-state index contributed by atoms with van der Waals surface area (Å²) in [6.45, 7) is 8.78. The summed E-state index contributed by atoms with van der Waals surface area (Å²) in [4.78, 5) is 6.97. The van der Waals surface area contributed by atoms with E-state index < -0.39 is 0 Å². The molecule has 2 saturated carbocycles. The Hall–Kier alpha value is -0.900. The molecule has 2 aliphatic rings. The van der Waals surface area contributed by atoms with Crippen molar-refractivity contribution in [3.63, 3.8) is 0 Å². The van der Waals surface area contributed by atoms with Crippen molar-refractivity contribution in [2.75, 3.05) is 13.6 Å². The zero-order valence-electron chi connectivity index (χ0n) is 15.3. The van der Waals surface area contributed by atoms with Gasteiger partial charge in [-0.25, -0.2) is 0 Å². The summed E-state index contributed by atoms with van der Waals surface area (Å²) in [6, 6.07) is 0. The van der Waals surface area contributed by atoms with Crippen molar-refractivity contribution in [1.82, 2.24) is 15.0 Å². The summed E-state index contributed by atoms with van der Waals surface area (Å²) in [6.07, 6.45) is 9.47. The third-order valence-corrected chi connectivity index (χ3v) is 5.67. The molecular formula is C19H33N3O. The van der Waals surface area contributed by atoms with Crippen LogP contribution in [-0.2, 0) is 13.0 Å². The molecule has 4 nitrogen and oxygen atoms in total. The Balaban J connectivity index is 1.58. The van der Waals surface area contributed by atoms with Crippen LogP contribution in [0.15, 0.2) is 4.52 Å². The lowest BCUT2D eigenvalue weighted by atomic mass is 9.59. The summed E-state index contributed by atoms with van der Waals surface area (Å²) < 4.78 is 5.45. The Morgan fingerprint density at radius 3 is 2.96 bits per heavy atom. The van der Waals surface area contributed by atoms with Gasteiger partial charge in [0, 0.05) is 13.0 Å². The normalized spacial score (nSPS) is 31.0. The maximum absolute atomic E-state index is 5.45. The molecule has 3 atom stereocenters. The van der Waals surface area contributed by atoms with Crippen LogP contribution in [0.4, 0.5) is 0 Å². The fourth-order valence-corrected chi connectivity index (χ4v) is 5.23. The van der Waals surface area contributed by atoms with Crippen molar-refractivity contribution in [2.45, 2.75) is 72.3 Å². The van der Waals surface area contributed by atoms with E-state index in [1.807, 2.05) is 0 Å².